The van der Waals surface area contributed by atoms with Crippen molar-refractivity contribution in [3.05, 3.63) is 0 Å². The second-order valence-electron chi connectivity index (χ2n) is 2.43. The van der Waals surface area contributed by atoms with E-state index >= 15 is 0 Å². The molecule has 0 radical (unpaired) electrons. The molecule has 0 heterocycles. The van der Waals surface area contributed by atoms with Crippen LogP contribution in [0.5, 0.6) is 0 Å². The summed E-state index contributed by atoms with van der Waals surface area (Å²) in [4.78, 5) is 10.7. The summed E-state index contributed by atoms with van der Waals surface area (Å²) in [6.45, 7) is 3.44. The second-order valence-corrected chi connectivity index (χ2v) is 3.89. The van der Waals surface area contributed by atoms with Crippen molar-refractivity contribution >= 4 is 16.1 Å². The monoisotopic (exact) mass is 196 g/mol. The molecule has 1 N–H and O–H groups in total. The number of carbonyl (C=O) groups is 1. The van der Waals surface area contributed by atoms with Crippen LogP contribution in [-0.4, -0.2) is 30.8 Å². The molecule has 0 rings (SSSR count). The molecule has 0 aliphatic rings. The summed E-state index contributed by atoms with van der Waals surface area (Å²) >= 11 is 0. The molecule has 0 spiro atoms. The van der Waals surface area contributed by atoms with Crippen LogP contribution in [0.2, 0.25) is 0 Å². The van der Waals surface area contributed by atoms with Crippen molar-refractivity contribution < 1.29 is 22.5 Å². The predicted octanol–water partition coefficient (Wildman–Crippen LogP) is 0.216. The zero-order valence-corrected chi connectivity index (χ0v) is 7.80. The minimum absolute atomic E-state index is 0.320. The lowest BCUT2D eigenvalue weighted by Gasteiger charge is -2.09. The summed E-state index contributed by atoms with van der Waals surface area (Å²) in [6, 6.07) is 0. The summed E-state index contributed by atoms with van der Waals surface area (Å²) in [6.07, 6.45) is 0.288. The van der Waals surface area contributed by atoms with Crippen molar-refractivity contribution in [3.63, 3.8) is 0 Å². The maximum atomic E-state index is 10.7. The third kappa shape index (κ3) is 6.11. The van der Waals surface area contributed by atoms with Gasteiger partial charge >= 0.3 is 5.97 Å². The van der Waals surface area contributed by atoms with E-state index in [0.29, 0.717) is 6.42 Å². The molecule has 0 fully saturated rings. The van der Waals surface area contributed by atoms with Gasteiger partial charge in [0.25, 0.3) is 10.1 Å². The Kier molecular flexibility index (Phi) is 4.19. The highest BCUT2D eigenvalue weighted by Gasteiger charge is 2.15. The molecule has 0 aromatic carbocycles. The Balaban J connectivity index is 3.92. The van der Waals surface area contributed by atoms with E-state index in [4.69, 9.17) is 4.55 Å². The van der Waals surface area contributed by atoms with Gasteiger partial charge in [0, 0.05) is 0 Å². The number of hydrogen-bond donors (Lipinski definition) is 1. The van der Waals surface area contributed by atoms with Gasteiger partial charge in [-0.15, -0.1) is 0 Å². The van der Waals surface area contributed by atoms with Gasteiger partial charge in [-0.1, -0.05) is 6.92 Å². The minimum Gasteiger partial charge on any atom is -0.462 e. The van der Waals surface area contributed by atoms with Gasteiger partial charge in [0.1, 0.15) is 0 Å². The van der Waals surface area contributed by atoms with Gasteiger partial charge in [-0.25, -0.2) is 0 Å². The first-order valence-electron chi connectivity index (χ1n) is 3.49. The molecule has 1 unspecified atom stereocenters. The SMILES string of the molecule is CCC(C)OC(=O)CS(=O)(=O)O. The molecule has 0 saturated heterocycles. The smallest absolute Gasteiger partial charge is 0.323 e. The van der Waals surface area contributed by atoms with Crippen LogP contribution in [0.15, 0.2) is 0 Å². The Morgan fingerprint density at radius 1 is 1.58 bits per heavy atom. The molecular formula is C6H12O5S. The maximum absolute atomic E-state index is 10.7. The van der Waals surface area contributed by atoms with Gasteiger partial charge in [0.2, 0.25) is 0 Å². The fourth-order valence-electron chi connectivity index (χ4n) is 0.491. The van der Waals surface area contributed by atoms with E-state index in [9.17, 15) is 13.2 Å². The summed E-state index contributed by atoms with van der Waals surface area (Å²) < 4.78 is 33.2. The summed E-state index contributed by atoms with van der Waals surface area (Å²) in [5, 5.41) is 0. The van der Waals surface area contributed by atoms with Crippen LogP contribution in [0.1, 0.15) is 20.3 Å². The first-order valence-corrected chi connectivity index (χ1v) is 5.10. The molecule has 0 aromatic heterocycles. The fraction of sp³-hybridized carbons (Fsp3) is 0.833. The van der Waals surface area contributed by atoms with Crippen molar-refractivity contribution in [2.24, 2.45) is 0 Å². The summed E-state index contributed by atoms with van der Waals surface area (Å²) in [5.41, 5.74) is 0. The largest absolute Gasteiger partial charge is 0.462 e. The van der Waals surface area contributed by atoms with Crippen molar-refractivity contribution in [1.82, 2.24) is 0 Å². The number of ether oxygens (including phenoxy) is 1. The van der Waals surface area contributed by atoms with Crippen molar-refractivity contribution in [2.75, 3.05) is 5.75 Å². The molecular weight excluding hydrogens is 184 g/mol. The van der Waals surface area contributed by atoms with Crippen molar-refractivity contribution in [3.8, 4) is 0 Å². The van der Waals surface area contributed by atoms with E-state index in [1.54, 1.807) is 13.8 Å². The molecule has 0 amide bonds. The zero-order chi connectivity index (χ0) is 9.78. The van der Waals surface area contributed by atoms with Crippen LogP contribution in [0.4, 0.5) is 0 Å². The molecule has 6 heteroatoms. The van der Waals surface area contributed by atoms with E-state index < -0.39 is 21.8 Å². The lowest BCUT2D eigenvalue weighted by molar-refractivity contribution is -0.145. The average molecular weight is 196 g/mol. The zero-order valence-electron chi connectivity index (χ0n) is 6.98. The van der Waals surface area contributed by atoms with Crippen LogP contribution >= 0.6 is 0 Å². The highest BCUT2D eigenvalue weighted by molar-refractivity contribution is 7.86. The normalized spacial score (nSPS) is 13.9. The Morgan fingerprint density at radius 2 is 2.08 bits per heavy atom. The van der Waals surface area contributed by atoms with E-state index in [1.165, 1.54) is 0 Å². The quantitative estimate of drug-likeness (QED) is 0.513. The molecule has 0 saturated carbocycles. The molecule has 0 aliphatic carbocycles. The first-order chi connectivity index (χ1) is 5.35. The fourth-order valence-corrected chi connectivity index (χ4v) is 0.857. The number of carbonyl (C=O) groups excluding carboxylic acids is 1. The van der Waals surface area contributed by atoms with E-state index in [1.807, 2.05) is 0 Å². The van der Waals surface area contributed by atoms with Crippen molar-refractivity contribution in [2.45, 2.75) is 26.4 Å². The van der Waals surface area contributed by atoms with Gasteiger partial charge in [-0.3, -0.25) is 9.35 Å². The Labute approximate surface area is 71.5 Å². The molecule has 0 bridgehead atoms. The Bertz CT molecular complexity index is 243. The van der Waals surface area contributed by atoms with E-state index in [0.717, 1.165) is 0 Å². The van der Waals surface area contributed by atoms with E-state index in [2.05, 4.69) is 4.74 Å². The Morgan fingerprint density at radius 3 is 2.42 bits per heavy atom. The van der Waals surface area contributed by atoms with Crippen LogP contribution in [0, 0.1) is 0 Å². The highest BCUT2D eigenvalue weighted by atomic mass is 32.2. The topological polar surface area (TPSA) is 80.7 Å². The van der Waals surface area contributed by atoms with E-state index in [-0.39, 0.29) is 6.10 Å². The van der Waals surface area contributed by atoms with Gasteiger partial charge in [0.15, 0.2) is 5.75 Å². The number of rotatable bonds is 4. The van der Waals surface area contributed by atoms with Gasteiger partial charge in [-0.05, 0) is 13.3 Å². The third-order valence-corrected chi connectivity index (χ3v) is 1.81. The Hall–Kier alpha value is -0.620. The first kappa shape index (κ1) is 11.4. The third-order valence-electron chi connectivity index (χ3n) is 1.21. The lowest BCUT2D eigenvalue weighted by atomic mass is 10.3. The van der Waals surface area contributed by atoms with Gasteiger partial charge in [-0.2, -0.15) is 8.42 Å². The molecule has 0 aliphatic heterocycles. The maximum Gasteiger partial charge on any atom is 0.323 e. The van der Waals surface area contributed by atoms with Gasteiger partial charge < -0.3 is 4.74 Å². The van der Waals surface area contributed by atoms with Crippen LogP contribution < -0.4 is 0 Å². The van der Waals surface area contributed by atoms with Crippen LogP contribution in [0.25, 0.3) is 0 Å². The number of esters is 1. The average Bonchev–Trinajstić information content (AvgIpc) is 1.82. The van der Waals surface area contributed by atoms with Crippen LogP contribution in [0.3, 0.4) is 0 Å². The summed E-state index contributed by atoms with van der Waals surface area (Å²) in [5.74, 6) is -1.90. The molecule has 1 atom stereocenters. The minimum atomic E-state index is -4.25. The van der Waals surface area contributed by atoms with Gasteiger partial charge in [0.05, 0.1) is 6.10 Å². The highest BCUT2D eigenvalue weighted by Crippen LogP contribution is 1.97. The summed E-state index contributed by atoms with van der Waals surface area (Å²) in [7, 11) is -4.25. The molecule has 0 aromatic rings. The molecule has 12 heavy (non-hydrogen) atoms. The second kappa shape index (κ2) is 4.42. The number of hydrogen-bond acceptors (Lipinski definition) is 4. The molecule has 5 nitrogen and oxygen atoms in total. The van der Waals surface area contributed by atoms with Crippen molar-refractivity contribution in [1.29, 1.82) is 0 Å². The predicted molar refractivity (Wildman–Crippen MR) is 42.3 cm³/mol. The molecule has 72 valence electrons. The lowest BCUT2D eigenvalue weighted by Crippen LogP contribution is -2.21. The standard InChI is InChI=1S/C6H12O5S/c1-3-5(2)11-6(7)4-12(8,9)10/h5H,3-4H2,1-2H3,(H,8,9,10). The van der Waals surface area contributed by atoms with Crippen LogP contribution in [-0.2, 0) is 19.6 Å².